The Morgan fingerprint density at radius 3 is 2.43 bits per heavy atom. The van der Waals surface area contributed by atoms with Crippen LogP contribution in [-0.2, 0) is 10.0 Å². The number of nitrogen functional groups attached to an aromatic ring is 2. The molecule has 1 aromatic rings. The van der Waals surface area contributed by atoms with E-state index in [0.29, 0.717) is 17.1 Å². The molecule has 1 aromatic carbocycles. The standard InChI is InChI=1S/C8H13N3O2S/c1-2-14(12,13)11-6-3-4-7(9)8(10)5-6/h3-5,11H,2,9-10H2,1H3. The maximum absolute atomic E-state index is 11.2. The first-order valence-electron chi connectivity index (χ1n) is 4.10. The Hall–Kier alpha value is -1.43. The maximum atomic E-state index is 11.2. The molecule has 0 fully saturated rings. The second-order valence-corrected chi connectivity index (χ2v) is 4.86. The number of nitrogens with one attached hydrogen (secondary N) is 1. The van der Waals surface area contributed by atoms with Crippen molar-refractivity contribution in [3.63, 3.8) is 0 Å². The first kappa shape index (κ1) is 10.6. The van der Waals surface area contributed by atoms with Crippen LogP contribution < -0.4 is 16.2 Å². The van der Waals surface area contributed by atoms with Crippen LogP contribution in [-0.4, -0.2) is 14.2 Å². The molecule has 6 heteroatoms. The Labute approximate surface area is 83.2 Å². The van der Waals surface area contributed by atoms with Crippen molar-refractivity contribution in [1.29, 1.82) is 0 Å². The lowest BCUT2D eigenvalue weighted by Gasteiger charge is -2.07. The lowest BCUT2D eigenvalue weighted by atomic mass is 10.2. The minimum atomic E-state index is -3.25. The molecule has 0 aliphatic rings. The van der Waals surface area contributed by atoms with Crippen LogP contribution in [0.1, 0.15) is 6.92 Å². The Morgan fingerprint density at radius 2 is 1.93 bits per heavy atom. The van der Waals surface area contributed by atoms with Crippen LogP contribution in [0.15, 0.2) is 18.2 Å². The molecule has 0 saturated heterocycles. The highest BCUT2D eigenvalue weighted by Crippen LogP contribution is 2.20. The molecule has 0 amide bonds. The quantitative estimate of drug-likeness (QED) is 0.643. The highest BCUT2D eigenvalue weighted by atomic mass is 32.2. The largest absolute Gasteiger partial charge is 0.397 e. The van der Waals surface area contributed by atoms with Gasteiger partial charge in [0.15, 0.2) is 0 Å². The van der Waals surface area contributed by atoms with Gasteiger partial charge in [-0.1, -0.05) is 0 Å². The summed E-state index contributed by atoms with van der Waals surface area (Å²) in [6, 6.07) is 4.62. The summed E-state index contributed by atoms with van der Waals surface area (Å²) in [5.41, 5.74) is 12.2. The first-order valence-corrected chi connectivity index (χ1v) is 5.75. The molecule has 0 radical (unpaired) electrons. The van der Waals surface area contributed by atoms with E-state index < -0.39 is 10.0 Å². The molecule has 0 saturated carbocycles. The van der Waals surface area contributed by atoms with Crippen molar-refractivity contribution in [3.8, 4) is 0 Å². The van der Waals surface area contributed by atoms with Gasteiger partial charge in [0.1, 0.15) is 0 Å². The third-order valence-electron chi connectivity index (χ3n) is 1.74. The molecular weight excluding hydrogens is 202 g/mol. The smallest absolute Gasteiger partial charge is 0.232 e. The normalized spacial score (nSPS) is 11.2. The maximum Gasteiger partial charge on any atom is 0.232 e. The van der Waals surface area contributed by atoms with Crippen molar-refractivity contribution in [2.75, 3.05) is 21.9 Å². The SMILES string of the molecule is CCS(=O)(=O)Nc1ccc(N)c(N)c1. The van der Waals surface area contributed by atoms with Crippen molar-refractivity contribution in [1.82, 2.24) is 0 Å². The molecule has 0 unspecified atom stereocenters. The van der Waals surface area contributed by atoms with Gasteiger partial charge in [-0.2, -0.15) is 0 Å². The summed E-state index contributed by atoms with van der Waals surface area (Å²) in [5, 5.41) is 0. The molecule has 5 N–H and O–H groups in total. The van der Waals surface area contributed by atoms with E-state index in [-0.39, 0.29) is 5.75 Å². The van der Waals surface area contributed by atoms with E-state index in [1.165, 1.54) is 6.07 Å². The van der Waals surface area contributed by atoms with E-state index >= 15 is 0 Å². The van der Waals surface area contributed by atoms with Gasteiger partial charge < -0.3 is 11.5 Å². The molecule has 5 nitrogen and oxygen atoms in total. The van der Waals surface area contributed by atoms with Crippen LogP contribution in [0.25, 0.3) is 0 Å². The van der Waals surface area contributed by atoms with Crippen LogP contribution in [0, 0.1) is 0 Å². The third-order valence-corrected chi connectivity index (χ3v) is 3.05. The zero-order chi connectivity index (χ0) is 10.8. The molecule has 0 bridgehead atoms. The molecular formula is C8H13N3O2S. The molecule has 78 valence electrons. The summed E-state index contributed by atoms with van der Waals surface area (Å²) in [6.07, 6.45) is 0. The molecule has 0 aliphatic carbocycles. The van der Waals surface area contributed by atoms with Crippen LogP contribution in [0.4, 0.5) is 17.1 Å². The van der Waals surface area contributed by atoms with Crippen LogP contribution in [0.5, 0.6) is 0 Å². The number of hydrogen-bond acceptors (Lipinski definition) is 4. The molecule has 14 heavy (non-hydrogen) atoms. The zero-order valence-electron chi connectivity index (χ0n) is 7.82. The van der Waals surface area contributed by atoms with Gasteiger partial charge in [-0.05, 0) is 25.1 Å². The minimum absolute atomic E-state index is 0.0251. The van der Waals surface area contributed by atoms with Gasteiger partial charge in [-0.25, -0.2) is 8.42 Å². The summed E-state index contributed by atoms with van der Waals surface area (Å²) < 4.78 is 24.7. The second-order valence-electron chi connectivity index (χ2n) is 2.85. The number of benzene rings is 1. The van der Waals surface area contributed by atoms with E-state index in [2.05, 4.69) is 4.72 Å². The number of hydrogen-bond donors (Lipinski definition) is 3. The van der Waals surface area contributed by atoms with Gasteiger partial charge in [-0.15, -0.1) is 0 Å². The summed E-state index contributed by atoms with van der Waals surface area (Å²) in [4.78, 5) is 0. The summed E-state index contributed by atoms with van der Waals surface area (Å²) >= 11 is 0. The number of rotatable bonds is 3. The Bertz CT molecular complexity index is 428. The van der Waals surface area contributed by atoms with Crippen molar-refractivity contribution in [2.24, 2.45) is 0 Å². The Kier molecular flexibility index (Phi) is 2.85. The van der Waals surface area contributed by atoms with Crippen molar-refractivity contribution in [3.05, 3.63) is 18.2 Å². The minimum Gasteiger partial charge on any atom is -0.397 e. The van der Waals surface area contributed by atoms with E-state index in [9.17, 15) is 8.42 Å². The molecule has 0 spiro atoms. The fourth-order valence-electron chi connectivity index (χ4n) is 0.890. The average Bonchev–Trinajstić information content (AvgIpc) is 2.11. The van der Waals surface area contributed by atoms with Gasteiger partial charge in [0.25, 0.3) is 0 Å². The van der Waals surface area contributed by atoms with Gasteiger partial charge in [0, 0.05) is 0 Å². The van der Waals surface area contributed by atoms with Crippen molar-refractivity contribution < 1.29 is 8.42 Å². The van der Waals surface area contributed by atoms with Crippen molar-refractivity contribution >= 4 is 27.1 Å². The van der Waals surface area contributed by atoms with E-state index in [0.717, 1.165) is 0 Å². The highest BCUT2D eigenvalue weighted by molar-refractivity contribution is 7.92. The highest BCUT2D eigenvalue weighted by Gasteiger charge is 2.06. The van der Waals surface area contributed by atoms with E-state index in [4.69, 9.17) is 11.5 Å². The number of anilines is 3. The van der Waals surface area contributed by atoms with E-state index in [1.54, 1.807) is 19.1 Å². The second kappa shape index (κ2) is 3.75. The van der Waals surface area contributed by atoms with Gasteiger partial charge in [0.2, 0.25) is 10.0 Å². The van der Waals surface area contributed by atoms with Gasteiger partial charge >= 0.3 is 0 Å². The van der Waals surface area contributed by atoms with Crippen LogP contribution in [0.3, 0.4) is 0 Å². The molecule has 0 heterocycles. The predicted octanol–water partition coefficient (Wildman–Crippen LogP) is 0.613. The lowest BCUT2D eigenvalue weighted by molar-refractivity contribution is 0.602. The molecule has 0 aromatic heterocycles. The lowest BCUT2D eigenvalue weighted by Crippen LogP contribution is -2.14. The fraction of sp³-hybridized carbons (Fsp3) is 0.250. The molecule has 1 rings (SSSR count). The van der Waals surface area contributed by atoms with Crippen molar-refractivity contribution in [2.45, 2.75) is 6.92 Å². The first-order chi connectivity index (χ1) is 6.44. The molecule has 0 atom stereocenters. The van der Waals surface area contributed by atoms with Gasteiger partial charge in [-0.3, -0.25) is 4.72 Å². The predicted molar refractivity (Wildman–Crippen MR) is 58.4 cm³/mol. The average molecular weight is 215 g/mol. The third kappa shape index (κ3) is 2.53. The fourth-order valence-corrected chi connectivity index (χ4v) is 1.52. The summed E-state index contributed by atoms with van der Waals surface area (Å²) in [6.45, 7) is 1.56. The topological polar surface area (TPSA) is 98.2 Å². The zero-order valence-corrected chi connectivity index (χ0v) is 8.64. The van der Waals surface area contributed by atoms with Crippen LogP contribution >= 0.6 is 0 Å². The summed E-state index contributed by atoms with van der Waals surface area (Å²) in [7, 11) is -3.25. The molecule has 0 aliphatic heterocycles. The Morgan fingerprint density at radius 1 is 1.29 bits per heavy atom. The monoisotopic (exact) mass is 215 g/mol. The van der Waals surface area contributed by atoms with E-state index in [1.807, 2.05) is 0 Å². The van der Waals surface area contributed by atoms with Crippen LogP contribution in [0.2, 0.25) is 0 Å². The number of nitrogens with two attached hydrogens (primary N) is 2. The van der Waals surface area contributed by atoms with Gasteiger partial charge in [0.05, 0.1) is 22.8 Å². The summed E-state index contributed by atoms with van der Waals surface area (Å²) in [5.74, 6) is 0.0251. The number of sulfonamides is 1. The Balaban J connectivity index is 2.94.